The number of aryl methyl sites for hydroxylation is 1. The lowest BCUT2D eigenvalue weighted by molar-refractivity contribution is -0.150. The number of rotatable bonds is 8. The van der Waals surface area contributed by atoms with E-state index in [1.165, 1.54) is 0 Å². The van der Waals surface area contributed by atoms with Crippen molar-refractivity contribution in [3.63, 3.8) is 0 Å². The van der Waals surface area contributed by atoms with E-state index in [0.29, 0.717) is 29.7 Å². The number of hydrogen-bond acceptors (Lipinski definition) is 6. The van der Waals surface area contributed by atoms with Gasteiger partial charge in [0.2, 0.25) is 6.79 Å². The van der Waals surface area contributed by atoms with E-state index >= 15 is 0 Å². The normalized spacial score (nSPS) is 12.0. The Hall–Kier alpha value is -3.22. The Bertz CT molecular complexity index is 893. The second-order valence-corrected chi connectivity index (χ2v) is 7.09. The molecule has 2 aromatic carbocycles. The molecular formula is C22H25NO6. The predicted molar refractivity (Wildman–Crippen MR) is 106 cm³/mol. The number of hydrogen-bond donors (Lipinski definition) is 1. The molecule has 7 heteroatoms. The summed E-state index contributed by atoms with van der Waals surface area (Å²) in [7, 11) is 0. The number of fused-ring (bicyclic) bond motifs is 1. The zero-order chi connectivity index (χ0) is 20.8. The number of benzene rings is 2. The summed E-state index contributed by atoms with van der Waals surface area (Å²) in [6.07, 6.45) is 0. The third-order valence-corrected chi connectivity index (χ3v) is 4.52. The summed E-state index contributed by atoms with van der Waals surface area (Å²) in [5.74, 6) is 1.34. The van der Waals surface area contributed by atoms with Gasteiger partial charge in [-0.2, -0.15) is 0 Å². The molecule has 0 bridgehead atoms. The molecule has 0 saturated heterocycles. The molecule has 2 aromatic rings. The van der Waals surface area contributed by atoms with Crippen molar-refractivity contribution in [1.82, 2.24) is 5.32 Å². The van der Waals surface area contributed by atoms with E-state index in [2.05, 4.69) is 19.2 Å². The van der Waals surface area contributed by atoms with Crippen molar-refractivity contribution in [3.05, 3.63) is 53.1 Å². The largest absolute Gasteiger partial charge is 0.482 e. The topological polar surface area (TPSA) is 83.1 Å². The molecule has 0 spiro atoms. The fraction of sp³-hybridized carbons (Fsp3) is 0.364. The van der Waals surface area contributed by atoms with Crippen molar-refractivity contribution in [2.45, 2.75) is 33.2 Å². The van der Waals surface area contributed by atoms with Gasteiger partial charge in [0, 0.05) is 6.54 Å². The number of esters is 1. The van der Waals surface area contributed by atoms with Gasteiger partial charge in [-0.05, 0) is 47.7 Å². The van der Waals surface area contributed by atoms with E-state index in [1.54, 1.807) is 12.1 Å². The van der Waals surface area contributed by atoms with Gasteiger partial charge in [-0.1, -0.05) is 32.0 Å². The molecule has 0 radical (unpaired) electrons. The van der Waals surface area contributed by atoms with Crippen molar-refractivity contribution in [3.8, 4) is 17.2 Å². The first-order valence-electron chi connectivity index (χ1n) is 9.46. The molecular weight excluding hydrogens is 374 g/mol. The highest BCUT2D eigenvalue weighted by Gasteiger charge is 2.14. The Morgan fingerprint density at radius 2 is 1.86 bits per heavy atom. The lowest BCUT2D eigenvalue weighted by Gasteiger charge is -2.12. The molecule has 0 fully saturated rings. The van der Waals surface area contributed by atoms with E-state index < -0.39 is 11.9 Å². The van der Waals surface area contributed by atoms with E-state index in [-0.39, 0.29) is 20.0 Å². The van der Waals surface area contributed by atoms with Crippen molar-refractivity contribution >= 4 is 11.9 Å². The average Bonchev–Trinajstić information content (AvgIpc) is 3.17. The second kappa shape index (κ2) is 9.32. The van der Waals surface area contributed by atoms with Crippen molar-refractivity contribution in [2.75, 3.05) is 20.0 Å². The van der Waals surface area contributed by atoms with Crippen LogP contribution in [-0.2, 0) is 20.9 Å². The second-order valence-electron chi connectivity index (χ2n) is 7.09. The third-order valence-electron chi connectivity index (χ3n) is 4.52. The molecule has 1 aliphatic rings. The summed E-state index contributed by atoms with van der Waals surface area (Å²) in [6, 6.07) is 11.3. The van der Waals surface area contributed by atoms with E-state index in [1.807, 2.05) is 31.2 Å². The summed E-state index contributed by atoms with van der Waals surface area (Å²) in [5.41, 5.74) is 2.92. The van der Waals surface area contributed by atoms with Gasteiger partial charge in [-0.3, -0.25) is 4.79 Å². The molecule has 7 nitrogen and oxygen atoms in total. The summed E-state index contributed by atoms with van der Waals surface area (Å²) < 4.78 is 21.1. The van der Waals surface area contributed by atoms with Gasteiger partial charge in [-0.15, -0.1) is 0 Å². The maximum atomic E-state index is 11.9. The Kier molecular flexibility index (Phi) is 6.59. The van der Waals surface area contributed by atoms with Crippen LogP contribution in [-0.4, -0.2) is 31.9 Å². The highest BCUT2D eigenvalue weighted by Crippen LogP contribution is 2.32. The standard InChI is InChI=1S/C22H25NO6/c1-14(2)17-6-4-15(3)19(9-17)26-12-22(25)27-11-21(24)23-10-16-5-7-18-20(8-16)29-13-28-18/h4-9,14H,10-13H2,1-3H3,(H,23,24). The number of carbonyl (C=O) groups is 2. The van der Waals surface area contributed by atoms with Gasteiger partial charge in [0.25, 0.3) is 5.91 Å². The van der Waals surface area contributed by atoms with Crippen LogP contribution in [0.5, 0.6) is 17.2 Å². The summed E-state index contributed by atoms with van der Waals surface area (Å²) in [4.78, 5) is 23.8. The number of nitrogens with one attached hydrogen (secondary N) is 1. The van der Waals surface area contributed by atoms with Gasteiger partial charge in [-0.25, -0.2) is 4.79 Å². The molecule has 0 unspecified atom stereocenters. The lowest BCUT2D eigenvalue weighted by Crippen LogP contribution is -2.29. The SMILES string of the molecule is Cc1ccc(C(C)C)cc1OCC(=O)OCC(=O)NCc1ccc2c(c1)OCO2. The monoisotopic (exact) mass is 399 g/mol. The molecule has 1 heterocycles. The van der Waals surface area contributed by atoms with Crippen LogP contribution in [0, 0.1) is 6.92 Å². The number of ether oxygens (including phenoxy) is 4. The van der Waals surface area contributed by atoms with Crippen LogP contribution >= 0.6 is 0 Å². The minimum Gasteiger partial charge on any atom is -0.482 e. The van der Waals surface area contributed by atoms with Crippen LogP contribution in [0.25, 0.3) is 0 Å². The van der Waals surface area contributed by atoms with Gasteiger partial charge >= 0.3 is 5.97 Å². The van der Waals surface area contributed by atoms with E-state index in [9.17, 15) is 9.59 Å². The van der Waals surface area contributed by atoms with Gasteiger partial charge < -0.3 is 24.3 Å². The maximum Gasteiger partial charge on any atom is 0.344 e. The van der Waals surface area contributed by atoms with Gasteiger partial charge in [0.05, 0.1) is 0 Å². The summed E-state index contributed by atoms with van der Waals surface area (Å²) in [6.45, 7) is 5.97. The fourth-order valence-electron chi connectivity index (χ4n) is 2.76. The summed E-state index contributed by atoms with van der Waals surface area (Å²) >= 11 is 0. The first-order valence-corrected chi connectivity index (χ1v) is 9.46. The summed E-state index contributed by atoms with van der Waals surface area (Å²) in [5, 5.41) is 2.69. The minimum atomic E-state index is -0.599. The Morgan fingerprint density at radius 1 is 1.07 bits per heavy atom. The lowest BCUT2D eigenvalue weighted by atomic mass is 10.0. The highest BCUT2D eigenvalue weighted by molar-refractivity contribution is 5.80. The molecule has 1 aliphatic heterocycles. The van der Waals surface area contributed by atoms with Crippen molar-refractivity contribution in [2.24, 2.45) is 0 Å². The molecule has 1 amide bonds. The fourth-order valence-corrected chi connectivity index (χ4v) is 2.76. The molecule has 1 N–H and O–H groups in total. The maximum absolute atomic E-state index is 11.9. The molecule has 0 saturated carbocycles. The first-order chi connectivity index (χ1) is 13.9. The molecule has 29 heavy (non-hydrogen) atoms. The Morgan fingerprint density at radius 3 is 2.66 bits per heavy atom. The van der Waals surface area contributed by atoms with Gasteiger partial charge in [0.15, 0.2) is 24.7 Å². The van der Waals surface area contributed by atoms with Crippen LogP contribution < -0.4 is 19.5 Å². The first kappa shape index (κ1) is 20.5. The Balaban J connectivity index is 1.40. The molecule has 0 aromatic heterocycles. The van der Waals surface area contributed by atoms with Gasteiger partial charge in [0.1, 0.15) is 5.75 Å². The van der Waals surface area contributed by atoms with Crippen LogP contribution in [0.1, 0.15) is 36.5 Å². The third kappa shape index (κ3) is 5.63. The zero-order valence-electron chi connectivity index (χ0n) is 16.8. The van der Waals surface area contributed by atoms with Crippen molar-refractivity contribution < 1.29 is 28.5 Å². The molecule has 3 rings (SSSR count). The van der Waals surface area contributed by atoms with Crippen LogP contribution in [0.2, 0.25) is 0 Å². The average molecular weight is 399 g/mol. The number of amides is 1. The van der Waals surface area contributed by atoms with Crippen LogP contribution in [0.3, 0.4) is 0 Å². The molecule has 0 atom stereocenters. The smallest absolute Gasteiger partial charge is 0.344 e. The van der Waals surface area contributed by atoms with Crippen molar-refractivity contribution in [1.29, 1.82) is 0 Å². The van der Waals surface area contributed by atoms with E-state index in [0.717, 1.165) is 16.7 Å². The zero-order valence-corrected chi connectivity index (χ0v) is 16.8. The molecule has 154 valence electrons. The molecule has 0 aliphatic carbocycles. The number of carbonyl (C=O) groups excluding carboxylic acids is 2. The van der Waals surface area contributed by atoms with Crippen LogP contribution in [0.15, 0.2) is 36.4 Å². The minimum absolute atomic E-state index is 0.199. The highest BCUT2D eigenvalue weighted by atomic mass is 16.7. The van der Waals surface area contributed by atoms with Crippen LogP contribution in [0.4, 0.5) is 0 Å². The quantitative estimate of drug-likeness (QED) is 0.687. The Labute approximate surface area is 169 Å². The predicted octanol–water partition coefficient (Wildman–Crippen LogP) is 3.09. The van der Waals surface area contributed by atoms with E-state index in [4.69, 9.17) is 18.9 Å².